The van der Waals surface area contributed by atoms with Gasteiger partial charge in [-0.3, -0.25) is 0 Å². The molecule has 0 heterocycles. The predicted molar refractivity (Wildman–Crippen MR) is 50.6 cm³/mol. The van der Waals surface area contributed by atoms with E-state index in [1.807, 2.05) is 0 Å². The second-order valence-corrected chi connectivity index (χ2v) is 4.79. The minimum Gasteiger partial charge on any atom is -0.0649 e. The molecule has 0 heteroatoms. The lowest BCUT2D eigenvalue weighted by Gasteiger charge is -2.41. The van der Waals surface area contributed by atoms with Gasteiger partial charge in [0.25, 0.3) is 0 Å². The van der Waals surface area contributed by atoms with E-state index in [0.717, 1.165) is 11.8 Å². The molecule has 0 spiro atoms. The molecule has 0 amide bonds. The highest BCUT2D eigenvalue weighted by atomic mass is 14.4. The molecule has 0 N–H and O–H groups in total. The third-order valence-electron chi connectivity index (χ3n) is 3.96. The summed E-state index contributed by atoms with van der Waals surface area (Å²) in [4.78, 5) is 0. The summed E-state index contributed by atoms with van der Waals surface area (Å²) in [6, 6.07) is 0. The molecule has 3 unspecified atom stereocenters. The van der Waals surface area contributed by atoms with Gasteiger partial charge in [-0.1, -0.05) is 40.5 Å². The van der Waals surface area contributed by atoms with Crippen molar-refractivity contribution in [1.82, 2.24) is 0 Å². The van der Waals surface area contributed by atoms with E-state index in [1.54, 1.807) is 0 Å². The van der Waals surface area contributed by atoms with Gasteiger partial charge in [0.15, 0.2) is 0 Å². The molecular formula is C11H22. The second kappa shape index (κ2) is 3.16. The van der Waals surface area contributed by atoms with Gasteiger partial charge in [0.1, 0.15) is 0 Å². The minimum absolute atomic E-state index is 0.659. The fourth-order valence-corrected chi connectivity index (χ4v) is 2.35. The molecule has 3 atom stereocenters. The van der Waals surface area contributed by atoms with Crippen molar-refractivity contribution >= 4 is 0 Å². The van der Waals surface area contributed by atoms with E-state index in [4.69, 9.17) is 0 Å². The second-order valence-electron chi connectivity index (χ2n) is 4.79. The van der Waals surface area contributed by atoms with E-state index >= 15 is 0 Å². The number of rotatable bonds is 1. The zero-order chi connectivity index (χ0) is 8.48. The van der Waals surface area contributed by atoms with Crippen LogP contribution in [0.3, 0.4) is 0 Å². The van der Waals surface area contributed by atoms with Crippen LogP contribution in [0.2, 0.25) is 0 Å². The number of hydrogen-bond donors (Lipinski definition) is 0. The van der Waals surface area contributed by atoms with Gasteiger partial charge in [-0.2, -0.15) is 0 Å². The SMILES string of the molecule is CCC1(C)CCC(C)CC1C. The first kappa shape index (κ1) is 9.09. The molecule has 1 saturated carbocycles. The predicted octanol–water partition coefficient (Wildman–Crippen LogP) is 3.86. The van der Waals surface area contributed by atoms with Crippen LogP contribution in [0.4, 0.5) is 0 Å². The highest BCUT2D eigenvalue weighted by Crippen LogP contribution is 2.44. The van der Waals surface area contributed by atoms with Crippen LogP contribution in [-0.2, 0) is 0 Å². The first-order valence-corrected chi connectivity index (χ1v) is 5.08. The van der Waals surface area contributed by atoms with Gasteiger partial charge in [-0.15, -0.1) is 0 Å². The highest BCUT2D eigenvalue weighted by molar-refractivity contribution is 4.84. The van der Waals surface area contributed by atoms with Crippen molar-refractivity contribution in [2.75, 3.05) is 0 Å². The van der Waals surface area contributed by atoms with E-state index in [0.29, 0.717) is 5.41 Å². The van der Waals surface area contributed by atoms with Crippen molar-refractivity contribution in [3.05, 3.63) is 0 Å². The van der Waals surface area contributed by atoms with Gasteiger partial charge >= 0.3 is 0 Å². The molecule has 0 bridgehead atoms. The van der Waals surface area contributed by atoms with Gasteiger partial charge < -0.3 is 0 Å². The van der Waals surface area contributed by atoms with Gasteiger partial charge in [0.05, 0.1) is 0 Å². The molecule has 0 saturated heterocycles. The normalized spacial score (nSPS) is 45.8. The summed E-state index contributed by atoms with van der Waals surface area (Å²) in [5.41, 5.74) is 0.659. The molecule has 0 aromatic heterocycles. The van der Waals surface area contributed by atoms with E-state index in [-0.39, 0.29) is 0 Å². The Morgan fingerprint density at radius 3 is 2.45 bits per heavy atom. The van der Waals surface area contributed by atoms with Crippen molar-refractivity contribution in [2.24, 2.45) is 17.3 Å². The Balaban J connectivity index is 2.56. The molecule has 0 nitrogen and oxygen atoms in total. The molecule has 1 rings (SSSR count). The lowest BCUT2D eigenvalue weighted by atomic mass is 9.64. The van der Waals surface area contributed by atoms with Crippen molar-refractivity contribution in [2.45, 2.75) is 53.4 Å². The maximum Gasteiger partial charge on any atom is -0.0303 e. The van der Waals surface area contributed by atoms with Crippen LogP contribution in [0.25, 0.3) is 0 Å². The molecule has 0 aromatic carbocycles. The van der Waals surface area contributed by atoms with E-state index in [1.165, 1.54) is 25.7 Å². The topological polar surface area (TPSA) is 0 Å². The maximum absolute atomic E-state index is 2.46. The van der Waals surface area contributed by atoms with Gasteiger partial charge in [0.2, 0.25) is 0 Å². The minimum atomic E-state index is 0.659. The average Bonchev–Trinajstić information content (AvgIpc) is 1.98. The molecule has 0 aliphatic heterocycles. The van der Waals surface area contributed by atoms with Crippen LogP contribution >= 0.6 is 0 Å². The molecule has 0 radical (unpaired) electrons. The average molecular weight is 154 g/mol. The van der Waals surface area contributed by atoms with Crippen LogP contribution in [0.15, 0.2) is 0 Å². The van der Waals surface area contributed by atoms with Crippen molar-refractivity contribution in [3.63, 3.8) is 0 Å². The Morgan fingerprint density at radius 1 is 1.36 bits per heavy atom. The molecule has 1 aliphatic rings. The van der Waals surface area contributed by atoms with Crippen LogP contribution in [0.5, 0.6) is 0 Å². The van der Waals surface area contributed by atoms with Gasteiger partial charge in [0, 0.05) is 0 Å². The summed E-state index contributed by atoms with van der Waals surface area (Å²) in [5.74, 6) is 1.92. The third kappa shape index (κ3) is 1.77. The summed E-state index contributed by atoms with van der Waals surface area (Å²) < 4.78 is 0. The summed E-state index contributed by atoms with van der Waals surface area (Å²) >= 11 is 0. The summed E-state index contributed by atoms with van der Waals surface area (Å²) in [5, 5.41) is 0. The van der Waals surface area contributed by atoms with Gasteiger partial charge in [-0.05, 0) is 30.1 Å². The van der Waals surface area contributed by atoms with E-state index in [9.17, 15) is 0 Å². The fourth-order valence-electron chi connectivity index (χ4n) is 2.35. The lowest BCUT2D eigenvalue weighted by Crippen LogP contribution is -2.31. The molecule has 0 aromatic rings. The Hall–Kier alpha value is 0. The molecule has 1 fully saturated rings. The smallest absolute Gasteiger partial charge is 0.0303 e. The van der Waals surface area contributed by atoms with E-state index < -0.39 is 0 Å². The lowest BCUT2D eigenvalue weighted by molar-refractivity contribution is 0.0944. The van der Waals surface area contributed by atoms with Crippen LogP contribution in [0, 0.1) is 17.3 Å². The quantitative estimate of drug-likeness (QED) is 0.538. The molecular weight excluding hydrogens is 132 g/mol. The monoisotopic (exact) mass is 154 g/mol. The Kier molecular flexibility index (Phi) is 2.61. The Bertz CT molecular complexity index is 128. The zero-order valence-corrected chi connectivity index (χ0v) is 8.48. The maximum atomic E-state index is 2.46. The summed E-state index contributed by atoms with van der Waals surface area (Å²) in [6.45, 7) is 9.63. The first-order chi connectivity index (χ1) is 5.08. The fraction of sp³-hybridized carbons (Fsp3) is 1.00. The largest absolute Gasteiger partial charge is 0.0649 e. The van der Waals surface area contributed by atoms with Crippen LogP contribution in [-0.4, -0.2) is 0 Å². The summed E-state index contributed by atoms with van der Waals surface area (Å²) in [6.07, 6.45) is 5.71. The zero-order valence-electron chi connectivity index (χ0n) is 8.48. The Morgan fingerprint density at radius 2 is 2.00 bits per heavy atom. The van der Waals surface area contributed by atoms with E-state index in [2.05, 4.69) is 27.7 Å². The third-order valence-corrected chi connectivity index (χ3v) is 3.96. The standard InChI is InChI=1S/C11H22/c1-5-11(4)7-6-9(2)8-10(11)3/h9-10H,5-8H2,1-4H3. The van der Waals surface area contributed by atoms with Crippen molar-refractivity contribution < 1.29 is 0 Å². The van der Waals surface area contributed by atoms with Crippen molar-refractivity contribution in [1.29, 1.82) is 0 Å². The Labute approximate surface area is 71.4 Å². The molecule has 1 aliphatic carbocycles. The molecule has 66 valence electrons. The molecule has 11 heavy (non-hydrogen) atoms. The van der Waals surface area contributed by atoms with Gasteiger partial charge in [-0.25, -0.2) is 0 Å². The van der Waals surface area contributed by atoms with Crippen LogP contribution in [0.1, 0.15) is 53.4 Å². The van der Waals surface area contributed by atoms with Crippen molar-refractivity contribution in [3.8, 4) is 0 Å². The van der Waals surface area contributed by atoms with Crippen LogP contribution < -0.4 is 0 Å². The first-order valence-electron chi connectivity index (χ1n) is 5.08. The highest BCUT2D eigenvalue weighted by Gasteiger charge is 2.33. The number of hydrogen-bond acceptors (Lipinski definition) is 0. The summed E-state index contributed by atoms with van der Waals surface area (Å²) in [7, 11) is 0.